The molecule has 8 heteroatoms. The van der Waals surface area contributed by atoms with Gasteiger partial charge in [-0.3, -0.25) is 24.5 Å². The minimum atomic E-state index is -0.558. The Morgan fingerprint density at radius 3 is 2.37 bits per heavy atom. The SMILES string of the molecule is CC(=O)N1CCN(C(=O)/C=C/c2cc[c]c([N+](=O)[O-])c2-c2ccccc2C=O)CC1. The number of hydrogen-bond donors (Lipinski definition) is 0. The van der Waals surface area contributed by atoms with Crippen LogP contribution >= 0.6 is 0 Å². The van der Waals surface area contributed by atoms with E-state index in [9.17, 15) is 24.5 Å². The molecule has 1 saturated heterocycles. The Kier molecular flexibility index (Phi) is 6.36. The maximum absolute atomic E-state index is 12.6. The molecule has 3 rings (SSSR count). The molecule has 0 N–H and O–H groups in total. The van der Waals surface area contributed by atoms with Crippen LogP contribution in [0.1, 0.15) is 22.8 Å². The van der Waals surface area contributed by atoms with Gasteiger partial charge in [0.2, 0.25) is 11.8 Å². The predicted molar refractivity (Wildman–Crippen MR) is 111 cm³/mol. The summed E-state index contributed by atoms with van der Waals surface area (Å²) in [5.74, 6) is -0.271. The lowest BCUT2D eigenvalue weighted by Gasteiger charge is -2.33. The first-order chi connectivity index (χ1) is 14.4. The van der Waals surface area contributed by atoms with Crippen molar-refractivity contribution in [2.45, 2.75) is 6.92 Å². The Labute approximate surface area is 173 Å². The summed E-state index contributed by atoms with van der Waals surface area (Å²) >= 11 is 0. The number of nitro benzene ring substituents is 1. The maximum atomic E-state index is 12.6. The number of carbonyl (C=O) groups is 3. The van der Waals surface area contributed by atoms with Crippen molar-refractivity contribution in [1.82, 2.24) is 9.80 Å². The lowest BCUT2D eigenvalue weighted by atomic mass is 9.94. The highest BCUT2D eigenvalue weighted by molar-refractivity contribution is 5.97. The van der Waals surface area contributed by atoms with Crippen LogP contribution in [0.15, 0.2) is 42.5 Å². The zero-order chi connectivity index (χ0) is 21.7. The van der Waals surface area contributed by atoms with Gasteiger partial charge in [-0.1, -0.05) is 30.3 Å². The van der Waals surface area contributed by atoms with E-state index in [4.69, 9.17) is 0 Å². The number of rotatable bonds is 5. The van der Waals surface area contributed by atoms with E-state index in [-0.39, 0.29) is 23.1 Å². The summed E-state index contributed by atoms with van der Waals surface area (Å²) < 4.78 is 0. The molecule has 0 aliphatic carbocycles. The van der Waals surface area contributed by atoms with Gasteiger partial charge in [-0.25, -0.2) is 0 Å². The van der Waals surface area contributed by atoms with Gasteiger partial charge in [-0.05, 0) is 23.3 Å². The summed E-state index contributed by atoms with van der Waals surface area (Å²) in [5, 5.41) is 11.6. The molecular formula is C22H20N3O5. The van der Waals surface area contributed by atoms with Crippen LogP contribution in [0.2, 0.25) is 0 Å². The summed E-state index contributed by atoms with van der Waals surface area (Å²) in [5.41, 5.74) is 1.11. The first-order valence-electron chi connectivity index (χ1n) is 9.38. The Morgan fingerprint density at radius 1 is 1.07 bits per heavy atom. The summed E-state index contributed by atoms with van der Waals surface area (Å²) in [6.45, 7) is 3.28. The number of nitrogens with zero attached hydrogens (tertiary/aromatic N) is 3. The number of aldehydes is 1. The van der Waals surface area contributed by atoms with Gasteiger partial charge in [0, 0.05) is 44.7 Å². The molecule has 0 unspecified atom stereocenters. The number of hydrogen-bond acceptors (Lipinski definition) is 5. The van der Waals surface area contributed by atoms with Gasteiger partial charge in [0.1, 0.15) is 0 Å². The average Bonchev–Trinajstić information content (AvgIpc) is 2.77. The molecule has 8 nitrogen and oxygen atoms in total. The fraction of sp³-hybridized carbons (Fsp3) is 0.227. The van der Waals surface area contributed by atoms with Gasteiger partial charge in [0.15, 0.2) is 6.29 Å². The van der Waals surface area contributed by atoms with Crippen molar-refractivity contribution in [3.8, 4) is 11.1 Å². The van der Waals surface area contributed by atoms with E-state index in [1.807, 2.05) is 0 Å². The molecule has 0 aromatic heterocycles. The van der Waals surface area contributed by atoms with Gasteiger partial charge in [-0.15, -0.1) is 0 Å². The van der Waals surface area contributed by atoms with Gasteiger partial charge in [-0.2, -0.15) is 0 Å². The summed E-state index contributed by atoms with van der Waals surface area (Å²) in [6, 6.07) is 12.2. The molecule has 1 fully saturated rings. The quantitative estimate of drug-likeness (QED) is 0.329. The van der Waals surface area contributed by atoms with Crippen LogP contribution in [0.5, 0.6) is 0 Å². The molecule has 2 amide bonds. The highest BCUT2D eigenvalue weighted by Gasteiger charge is 2.23. The zero-order valence-corrected chi connectivity index (χ0v) is 16.4. The highest BCUT2D eigenvalue weighted by Crippen LogP contribution is 2.35. The van der Waals surface area contributed by atoms with Gasteiger partial charge >= 0.3 is 0 Å². The number of nitro groups is 1. The largest absolute Gasteiger partial charge is 0.339 e. The monoisotopic (exact) mass is 406 g/mol. The van der Waals surface area contributed by atoms with Crippen molar-refractivity contribution in [2.24, 2.45) is 0 Å². The minimum Gasteiger partial charge on any atom is -0.339 e. The van der Waals surface area contributed by atoms with Crippen LogP contribution in [0.25, 0.3) is 17.2 Å². The van der Waals surface area contributed by atoms with Crippen LogP contribution in [0, 0.1) is 16.2 Å². The molecule has 0 spiro atoms. The third-order valence-electron chi connectivity index (χ3n) is 4.99. The standard InChI is InChI=1S/C22H20N3O5/c1-16(27)23-11-13-24(14-12-23)21(28)10-9-17-6-4-8-20(25(29)30)22(17)19-7-3-2-5-18(19)15-26/h2-7,9-10,15H,11-14H2,1H3/b10-9+. The third-order valence-corrected chi connectivity index (χ3v) is 4.99. The van der Waals surface area contributed by atoms with Crippen molar-refractivity contribution >= 4 is 29.9 Å². The van der Waals surface area contributed by atoms with Crippen LogP contribution < -0.4 is 0 Å². The Hall–Kier alpha value is -3.81. The molecule has 30 heavy (non-hydrogen) atoms. The van der Waals surface area contributed by atoms with Crippen molar-refractivity contribution in [3.05, 3.63) is 69.8 Å². The maximum Gasteiger partial charge on any atom is 0.285 e. The fourth-order valence-electron chi connectivity index (χ4n) is 3.40. The first kappa shape index (κ1) is 20.9. The normalized spacial score (nSPS) is 14.0. The smallest absolute Gasteiger partial charge is 0.285 e. The van der Waals surface area contributed by atoms with E-state index >= 15 is 0 Å². The molecule has 0 atom stereocenters. The predicted octanol–water partition coefficient (Wildman–Crippen LogP) is 2.58. The van der Waals surface area contributed by atoms with Crippen LogP contribution in [-0.2, 0) is 9.59 Å². The van der Waals surface area contributed by atoms with Gasteiger partial charge < -0.3 is 9.80 Å². The van der Waals surface area contributed by atoms with E-state index in [2.05, 4.69) is 6.07 Å². The van der Waals surface area contributed by atoms with Crippen LogP contribution in [0.4, 0.5) is 5.69 Å². The molecule has 0 bridgehead atoms. The number of benzene rings is 2. The molecule has 1 heterocycles. The van der Waals surface area contributed by atoms with Gasteiger partial charge in [0.25, 0.3) is 5.69 Å². The second-order valence-electron chi connectivity index (χ2n) is 6.78. The van der Waals surface area contributed by atoms with Crippen molar-refractivity contribution in [2.75, 3.05) is 26.2 Å². The zero-order valence-electron chi connectivity index (χ0n) is 16.4. The summed E-state index contributed by atoms with van der Waals surface area (Å²) in [6.07, 6.45) is 3.51. The topological polar surface area (TPSA) is 101 Å². The molecule has 1 radical (unpaired) electrons. The average molecular weight is 406 g/mol. The van der Waals surface area contributed by atoms with Crippen molar-refractivity contribution in [1.29, 1.82) is 0 Å². The molecule has 2 aromatic carbocycles. The molecular weight excluding hydrogens is 386 g/mol. The number of piperazine rings is 1. The Morgan fingerprint density at radius 2 is 1.73 bits per heavy atom. The van der Waals surface area contributed by atoms with Crippen molar-refractivity contribution < 1.29 is 19.3 Å². The highest BCUT2D eigenvalue weighted by atomic mass is 16.6. The van der Waals surface area contributed by atoms with Gasteiger partial charge in [0.05, 0.1) is 16.6 Å². The van der Waals surface area contributed by atoms with E-state index < -0.39 is 4.92 Å². The fourth-order valence-corrected chi connectivity index (χ4v) is 3.40. The Bertz CT molecular complexity index is 1020. The van der Waals surface area contributed by atoms with Crippen LogP contribution in [-0.4, -0.2) is 59.0 Å². The van der Waals surface area contributed by atoms with E-state index in [1.54, 1.807) is 40.1 Å². The second kappa shape index (κ2) is 9.13. The van der Waals surface area contributed by atoms with E-state index in [0.29, 0.717) is 49.2 Å². The molecule has 153 valence electrons. The first-order valence-corrected chi connectivity index (χ1v) is 9.38. The second-order valence-corrected chi connectivity index (χ2v) is 6.78. The summed E-state index contributed by atoms with van der Waals surface area (Å²) in [7, 11) is 0. The molecule has 0 saturated carbocycles. The molecule has 2 aromatic rings. The number of carbonyl (C=O) groups excluding carboxylic acids is 3. The molecule has 1 aliphatic heterocycles. The number of amides is 2. The minimum absolute atomic E-state index is 0.0241. The van der Waals surface area contributed by atoms with Crippen molar-refractivity contribution in [3.63, 3.8) is 0 Å². The molecule has 1 aliphatic rings. The Balaban J connectivity index is 1.92. The lowest BCUT2D eigenvalue weighted by molar-refractivity contribution is -0.384. The van der Waals surface area contributed by atoms with E-state index in [0.717, 1.165) is 0 Å². The summed E-state index contributed by atoms with van der Waals surface area (Å²) in [4.78, 5) is 49.8. The lowest BCUT2D eigenvalue weighted by Crippen LogP contribution is -2.49. The van der Waals surface area contributed by atoms with E-state index in [1.165, 1.54) is 25.1 Å². The third kappa shape index (κ3) is 4.43. The van der Waals surface area contributed by atoms with Crippen LogP contribution in [0.3, 0.4) is 0 Å².